The molecule has 0 aromatic heterocycles. The summed E-state index contributed by atoms with van der Waals surface area (Å²) in [5.74, 6) is -0.466. The van der Waals surface area contributed by atoms with Crippen LogP contribution >= 0.6 is 35.4 Å². The molecule has 0 aliphatic rings. The van der Waals surface area contributed by atoms with E-state index in [2.05, 4.69) is 10.6 Å². The van der Waals surface area contributed by atoms with Crippen molar-refractivity contribution in [2.75, 3.05) is 5.32 Å². The first-order valence-corrected chi connectivity index (χ1v) is 6.96. The normalized spacial score (nSPS) is 10.2. The van der Waals surface area contributed by atoms with E-state index >= 15 is 0 Å². The molecule has 0 unspecified atom stereocenters. The van der Waals surface area contributed by atoms with Crippen molar-refractivity contribution in [2.45, 2.75) is 6.54 Å². The Morgan fingerprint density at radius 1 is 1.10 bits per heavy atom. The predicted molar refractivity (Wildman–Crippen MR) is 85.9 cm³/mol. The highest BCUT2D eigenvalue weighted by molar-refractivity contribution is 7.80. The van der Waals surface area contributed by atoms with Crippen molar-refractivity contribution in [2.24, 2.45) is 0 Å². The van der Waals surface area contributed by atoms with Gasteiger partial charge in [-0.3, -0.25) is 0 Å². The molecule has 20 heavy (non-hydrogen) atoms. The number of hydrogen-bond donors (Lipinski definition) is 2. The van der Waals surface area contributed by atoms with Crippen LogP contribution in [0.15, 0.2) is 42.5 Å². The third-order valence-corrected chi connectivity index (χ3v) is 3.48. The van der Waals surface area contributed by atoms with Crippen LogP contribution in [0.4, 0.5) is 10.1 Å². The number of anilines is 1. The molecular weight excluding hydrogens is 318 g/mol. The molecule has 0 heterocycles. The van der Waals surface area contributed by atoms with Gasteiger partial charge in [0.1, 0.15) is 5.82 Å². The Bertz CT molecular complexity index is 634. The molecule has 2 rings (SSSR count). The fourth-order valence-corrected chi connectivity index (χ4v) is 2.14. The maximum absolute atomic E-state index is 13.0. The van der Waals surface area contributed by atoms with Gasteiger partial charge in [0.25, 0.3) is 0 Å². The summed E-state index contributed by atoms with van der Waals surface area (Å²) in [6.07, 6.45) is 0. The Hall–Kier alpha value is -1.36. The number of halogens is 3. The highest BCUT2D eigenvalue weighted by atomic mass is 35.5. The molecule has 0 saturated carbocycles. The summed E-state index contributed by atoms with van der Waals surface area (Å²) in [6.45, 7) is 0.500. The molecule has 0 amide bonds. The molecule has 2 N–H and O–H groups in total. The van der Waals surface area contributed by atoms with Gasteiger partial charge in [0, 0.05) is 17.3 Å². The van der Waals surface area contributed by atoms with E-state index in [1.807, 2.05) is 24.3 Å². The van der Waals surface area contributed by atoms with Crippen LogP contribution < -0.4 is 10.6 Å². The van der Waals surface area contributed by atoms with E-state index in [-0.39, 0.29) is 5.02 Å². The largest absolute Gasteiger partial charge is 0.358 e. The van der Waals surface area contributed by atoms with Gasteiger partial charge in [0.15, 0.2) is 5.11 Å². The van der Waals surface area contributed by atoms with Crippen LogP contribution in [0, 0.1) is 5.82 Å². The third-order valence-electron chi connectivity index (χ3n) is 2.57. The average molecular weight is 329 g/mol. The second kappa shape index (κ2) is 6.88. The van der Waals surface area contributed by atoms with E-state index in [0.717, 1.165) is 5.56 Å². The second-order valence-corrected chi connectivity index (χ2v) is 5.25. The van der Waals surface area contributed by atoms with Gasteiger partial charge in [0.05, 0.1) is 5.02 Å². The topological polar surface area (TPSA) is 24.1 Å². The van der Waals surface area contributed by atoms with Gasteiger partial charge in [0.2, 0.25) is 0 Å². The summed E-state index contributed by atoms with van der Waals surface area (Å²) < 4.78 is 13.0. The Balaban J connectivity index is 1.93. The Morgan fingerprint density at radius 3 is 2.55 bits per heavy atom. The quantitative estimate of drug-likeness (QED) is 0.804. The molecule has 0 fully saturated rings. The van der Waals surface area contributed by atoms with Gasteiger partial charge in [-0.25, -0.2) is 4.39 Å². The zero-order valence-electron chi connectivity index (χ0n) is 10.3. The van der Waals surface area contributed by atoms with Crippen molar-refractivity contribution in [1.29, 1.82) is 0 Å². The van der Waals surface area contributed by atoms with E-state index in [9.17, 15) is 4.39 Å². The van der Waals surface area contributed by atoms with Gasteiger partial charge < -0.3 is 10.6 Å². The van der Waals surface area contributed by atoms with Crippen molar-refractivity contribution < 1.29 is 4.39 Å². The minimum atomic E-state index is -0.466. The minimum absolute atomic E-state index is 0.0453. The summed E-state index contributed by atoms with van der Waals surface area (Å²) >= 11 is 16.9. The van der Waals surface area contributed by atoms with Crippen LogP contribution in [0.1, 0.15) is 5.56 Å². The first-order chi connectivity index (χ1) is 9.56. The highest BCUT2D eigenvalue weighted by Crippen LogP contribution is 2.19. The number of rotatable bonds is 3. The van der Waals surface area contributed by atoms with Gasteiger partial charge in [-0.1, -0.05) is 41.4 Å². The molecule has 0 aliphatic heterocycles. The fraction of sp³-hybridized carbons (Fsp3) is 0.0714. The van der Waals surface area contributed by atoms with E-state index in [4.69, 9.17) is 35.4 Å². The number of nitrogens with one attached hydrogen (secondary N) is 2. The molecular formula is C14H11Cl2FN2S. The molecule has 0 radical (unpaired) electrons. The molecule has 104 valence electrons. The van der Waals surface area contributed by atoms with Crippen LogP contribution in [0.5, 0.6) is 0 Å². The molecule has 0 aliphatic carbocycles. The maximum atomic E-state index is 13.0. The predicted octanol–water partition coefficient (Wildman–Crippen LogP) is 4.62. The van der Waals surface area contributed by atoms with E-state index < -0.39 is 5.82 Å². The van der Waals surface area contributed by atoms with Gasteiger partial charge in [-0.2, -0.15) is 0 Å². The molecule has 0 spiro atoms. The van der Waals surface area contributed by atoms with Crippen LogP contribution in [0.25, 0.3) is 0 Å². The molecule has 2 aromatic rings. The van der Waals surface area contributed by atoms with Gasteiger partial charge >= 0.3 is 0 Å². The van der Waals surface area contributed by atoms with Gasteiger partial charge in [-0.05, 0) is 42.0 Å². The monoisotopic (exact) mass is 328 g/mol. The lowest BCUT2D eigenvalue weighted by molar-refractivity contribution is 0.628. The number of thiocarbonyl (C=S) groups is 1. The van der Waals surface area contributed by atoms with E-state index in [1.54, 1.807) is 6.07 Å². The molecule has 6 heteroatoms. The smallest absolute Gasteiger partial charge is 0.171 e. The average Bonchev–Trinajstić information content (AvgIpc) is 2.42. The van der Waals surface area contributed by atoms with Crippen molar-refractivity contribution in [3.05, 3.63) is 63.9 Å². The molecule has 2 aromatic carbocycles. The zero-order chi connectivity index (χ0) is 14.5. The summed E-state index contributed by atoms with van der Waals surface area (Å²) in [7, 11) is 0. The fourth-order valence-electron chi connectivity index (χ4n) is 1.57. The molecule has 0 bridgehead atoms. The minimum Gasteiger partial charge on any atom is -0.358 e. The van der Waals surface area contributed by atoms with E-state index in [1.165, 1.54) is 12.1 Å². The Labute approximate surface area is 131 Å². The standard InChI is InChI=1S/C14H11Cl2FN2S/c15-11-4-2-1-3-9(11)8-18-14(20)19-10-5-6-13(17)12(16)7-10/h1-7H,8H2,(H2,18,19,20). The lowest BCUT2D eigenvalue weighted by Gasteiger charge is -2.11. The van der Waals surface area contributed by atoms with E-state index in [0.29, 0.717) is 22.4 Å². The van der Waals surface area contributed by atoms with Crippen LogP contribution in [0.3, 0.4) is 0 Å². The maximum Gasteiger partial charge on any atom is 0.171 e. The number of benzene rings is 2. The summed E-state index contributed by atoms with van der Waals surface area (Å²) in [4.78, 5) is 0. The first-order valence-electron chi connectivity index (χ1n) is 5.79. The van der Waals surface area contributed by atoms with Crippen molar-refractivity contribution >= 4 is 46.2 Å². The molecule has 2 nitrogen and oxygen atoms in total. The van der Waals surface area contributed by atoms with Crippen molar-refractivity contribution in [3.63, 3.8) is 0 Å². The van der Waals surface area contributed by atoms with Crippen LogP contribution in [-0.4, -0.2) is 5.11 Å². The van der Waals surface area contributed by atoms with Gasteiger partial charge in [-0.15, -0.1) is 0 Å². The summed E-state index contributed by atoms with van der Waals surface area (Å²) in [6, 6.07) is 11.8. The zero-order valence-corrected chi connectivity index (χ0v) is 12.6. The number of hydrogen-bond acceptors (Lipinski definition) is 1. The van der Waals surface area contributed by atoms with Crippen LogP contribution in [0.2, 0.25) is 10.0 Å². The Kier molecular flexibility index (Phi) is 5.17. The first kappa shape index (κ1) is 15.0. The highest BCUT2D eigenvalue weighted by Gasteiger charge is 2.03. The SMILES string of the molecule is Fc1ccc(NC(=S)NCc2ccccc2Cl)cc1Cl. The van der Waals surface area contributed by atoms with Crippen molar-refractivity contribution in [3.8, 4) is 0 Å². The summed E-state index contributed by atoms with van der Waals surface area (Å²) in [5.41, 5.74) is 1.56. The van der Waals surface area contributed by atoms with Crippen LogP contribution in [-0.2, 0) is 6.54 Å². The van der Waals surface area contributed by atoms with Crippen molar-refractivity contribution in [1.82, 2.24) is 5.32 Å². The third kappa shape index (κ3) is 4.07. The lowest BCUT2D eigenvalue weighted by Crippen LogP contribution is -2.28. The lowest BCUT2D eigenvalue weighted by atomic mass is 10.2. The summed E-state index contributed by atoms with van der Waals surface area (Å²) in [5, 5.41) is 7.08. The Morgan fingerprint density at radius 2 is 1.85 bits per heavy atom. The molecule has 0 atom stereocenters. The second-order valence-electron chi connectivity index (χ2n) is 4.03. The molecule has 0 saturated heterocycles.